The van der Waals surface area contributed by atoms with Crippen molar-refractivity contribution in [3.8, 4) is 0 Å². The molecule has 1 aliphatic heterocycles. The number of benzene rings is 1. The molecule has 5 amide bonds. The number of carbonyl (C=O) groups excluding carboxylic acids is 8. The van der Waals surface area contributed by atoms with Gasteiger partial charge in [-0.3, -0.25) is 43.3 Å². The van der Waals surface area contributed by atoms with Crippen molar-refractivity contribution < 1.29 is 43.1 Å². The molecule has 1 aromatic rings. The van der Waals surface area contributed by atoms with Gasteiger partial charge in [0.15, 0.2) is 11.6 Å². The SMILES string of the molecule is CC(C)(C)C(=O)C1(COCNC(=O)CCC(=O)[C@H](Cc2ccccc2)NC(=O)CCC(=O)CNC(=O)CCCCCN2C(=O)CC(C(C)(C)C)C2=O)CCC1. The summed E-state index contributed by atoms with van der Waals surface area (Å²) in [4.78, 5) is 103. The molecule has 3 N–H and O–H groups in total. The van der Waals surface area contributed by atoms with E-state index < -0.39 is 22.8 Å². The number of nitrogens with zero attached hydrogens (tertiary/aromatic N) is 1. The Labute approximate surface area is 325 Å². The van der Waals surface area contributed by atoms with Crippen LogP contribution in [0.2, 0.25) is 0 Å². The van der Waals surface area contributed by atoms with Crippen molar-refractivity contribution in [3.05, 3.63) is 35.9 Å². The van der Waals surface area contributed by atoms with Crippen LogP contribution in [0.1, 0.15) is 124 Å². The maximum absolute atomic E-state index is 13.2. The minimum Gasteiger partial charge on any atom is -0.360 e. The molecule has 13 heteroatoms. The third-order valence-corrected chi connectivity index (χ3v) is 10.5. The highest BCUT2D eigenvalue weighted by molar-refractivity contribution is 6.04. The summed E-state index contributed by atoms with van der Waals surface area (Å²) in [7, 11) is 0. The van der Waals surface area contributed by atoms with Crippen molar-refractivity contribution in [1.29, 1.82) is 0 Å². The van der Waals surface area contributed by atoms with Gasteiger partial charge in [0.05, 0.1) is 30.5 Å². The molecule has 1 heterocycles. The number of nitrogens with one attached hydrogen (secondary N) is 3. The van der Waals surface area contributed by atoms with Gasteiger partial charge in [-0.15, -0.1) is 0 Å². The van der Waals surface area contributed by atoms with E-state index in [1.807, 2.05) is 71.9 Å². The van der Waals surface area contributed by atoms with E-state index in [9.17, 15) is 38.4 Å². The zero-order valence-corrected chi connectivity index (χ0v) is 33.7. The Morgan fingerprint density at radius 2 is 1.47 bits per heavy atom. The fourth-order valence-electron chi connectivity index (χ4n) is 7.03. The predicted molar refractivity (Wildman–Crippen MR) is 206 cm³/mol. The van der Waals surface area contributed by atoms with E-state index in [0.717, 1.165) is 24.8 Å². The molecule has 1 aliphatic carbocycles. The molecule has 2 aliphatic rings. The molecule has 0 radical (unpaired) electrons. The summed E-state index contributed by atoms with van der Waals surface area (Å²) in [6.07, 6.45) is 4.37. The highest BCUT2D eigenvalue weighted by Gasteiger charge is 2.48. The molecule has 1 unspecified atom stereocenters. The van der Waals surface area contributed by atoms with Gasteiger partial charge < -0.3 is 20.7 Å². The smallest absolute Gasteiger partial charge is 0.233 e. The van der Waals surface area contributed by atoms with Crippen molar-refractivity contribution in [2.75, 3.05) is 26.4 Å². The summed E-state index contributed by atoms with van der Waals surface area (Å²) < 4.78 is 5.68. The van der Waals surface area contributed by atoms with Crippen LogP contribution >= 0.6 is 0 Å². The number of unbranched alkanes of at least 4 members (excludes halogenated alkanes) is 2. The number of ketones is 3. The minimum atomic E-state index is -0.905. The summed E-state index contributed by atoms with van der Waals surface area (Å²) in [6.45, 7) is 11.8. The first kappa shape index (κ1) is 45.1. The normalized spacial score (nSPS) is 17.3. The Balaban J connectivity index is 1.35. The van der Waals surface area contributed by atoms with Crippen LogP contribution in [0.4, 0.5) is 0 Å². The van der Waals surface area contributed by atoms with Crippen LogP contribution in [0.5, 0.6) is 0 Å². The van der Waals surface area contributed by atoms with E-state index in [1.54, 1.807) is 0 Å². The lowest BCUT2D eigenvalue weighted by atomic mass is 9.61. The van der Waals surface area contributed by atoms with Crippen molar-refractivity contribution >= 4 is 46.9 Å². The summed E-state index contributed by atoms with van der Waals surface area (Å²) >= 11 is 0. The minimum absolute atomic E-state index is 0.0750. The van der Waals surface area contributed by atoms with Gasteiger partial charge in [0.2, 0.25) is 29.5 Å². The van der Waals surface area contributed by atoms with Crippen LogP contribution in [-0.2, 0) is 49.5 Å². The van der Waals surface area contributed by atoms with E-state index >= 15 is 0 Å². The number of likely N-dealkylation sites (tertiary alicyclic amines) is 1. The maximum Gasteiger partial charge on any atom is 0.233 e. The molecular formula is C42H62N4O9. The Hall–Kier alpha value is -4.26. The lowest BCUT2D eigenvalue weighted by Crippen LogP contribution is -2.48. The van der Waals surface area contributed by atoms with Gasteiger partial charge in [-0.05, 0) is 43.1 Å². The largest absolute Gasteiger partial charge is 0.360 e. The van der Waals surface area contributed by atoms with Gasteiger partial charge >= 0.3 is 0 Å². The highest BCUT2D eigenvalue weighted by atomic mass is 16.5. The molecule has 304 valence electrons. The van der Waals surface area contributed by atoms with Crippen LogP contribution in [0.3, 0.4) is 0 Å². The molecule has 2 atom stereocenters. The van der Waals surface area contributed by atoms with Crippen molar-refractivity contribution in [1.82, 2.24) is 20.9 Å². The van der Waals surface area contributed by atoms with E-state index in [-0.39, 0.29) is 117 Å². The molecule has 13 nitrogen and oxygen atoms in total. The monoisotopic (exact) mass is 766 g/mol. The lowest BCUT2D eigenvalue weighted by Gasteiger charge is -2.43. The molecule has 55 heavy (non-hydrogen) atoms. The average Bonchev–Trinajstić information content (AvgIpc) is 3.40. The molecule has 2 fully saturated rings. The number of ether oxygens (including phenoxy) is 1. The molecule has 1 saturated carbocycles. The molecule has 1 saturated heterocycles. The molecular weight excluding hydrogens is 704 g/mol. The van der Waals surface area contributed by atoms with Crippen molar-refractivity contribution in [3.63, 3.8) is 0 Å². The van der Waals surface area contributed by atoms with Crippen LogP contribution < -0.4 is 16.0 Å². The van der Waals surface area contributed by atoms with Crippen LogP contribution in [0.25, 0.3) is 0 Å². The van der Waals surface area contributed by atoms with Crippen molar-refractivity contribution in [2.45, 2.75) is 131 Å². The fraction of sp³-hybridized carbons (Fsp3) is 0.667. The van der Waals surface area contributed by atoms with Crippen LogP contribution in [0.15, 0.2) is 30.3 Å². The second-order valence-electron chi connectivity index (χ2n) is 17.2. The van der Waals surface area contributed by atoms with Gasteiger partial charge in [0, 0.05) is 50.5 Å². The summed E-state index contributed by atoms with van der Waals surface area (Å²) in [5.41, 5.74) is -0.450. The van der Waals surface area contributed by atoms with E-state index in [1.165, 1.54) is 4.90 Å². The van der Waals surface area contributed by atoms with Gasteiger partial charge in [0.25, 0.3) is 0 Å². The highest BCUT2D eigenvalue weighted by Crippen LogP contribution is 2.46. The Morgan fingerprint density at radius 1 is 0.818 bits per heavy atom. The van der Waals surface area contributed by atoms with Crippen LogP contribution in [-0.4, -0.2) is 84.3 Å². The first-order valence-electron chi connectivity index (χ1n) is 19.7. The van der Waals surface area contributed by atoms with E-state index in [4.69, 9.17) is 4.74 Å². The molecule has 3 rings (SSSR count). The topological polar surface area (TPSA) is 185 Å². The van der Waals surface area contributed by atoms with Gasteiger partial charge in [0.1, 0.15) is 12.5 Å². The molecule has 1 aromatic carbocycles. The molecule has 0 spiro atoms. The number of imide groups is 1. The second-order valence-corrected chi connectivity index (χ2v) is 17.2. The standard InChI is InChI=1S/C42H62N4O9/c1-40(2,3)31-25-37(52)46(38(31)53)23-12-8-11-16-34(49)43-26-30(47)17-19-36(51)45-32(24-29-14-9-7-10-15-29)33(48)18-20-35(50)44-28-55-27-42(21-13-22-42)39(54)41(4,5)6/h7,9-10,14-15,31-32H,8,11-13,16-28H2,1-6H3,(H,43,49)(H,44,50)(H,45,51)/t31?,32-/m0/s1. The number of rotatable bonds is 23. The summed E-state index contributed by atoms with van der Waals surface area (Å²) in [5.74, 6) is -2.29. The number of Topliss-reactive ketones (excluding diaryl/α,β-unsaturated/α-hetero) is 3. The van der Waals surface area contributed by atoms with Crippen LogP contribution in [0, 0.1) is 22.2 Å². The molecule has 0 bridgehead atoms. The fourth-order valence-corrected chi connectivity index (χ4v) is 7.03. The summed E-state index contributed by atoms with van der Waals surface area (Å²) in [6, 6.07) is 8.24. The maximum atomic E-state index is 13.2. The Bertz CT molecular complexity index is 1540. The van der Waals surface area contributed by atoms with Crippen molar-refractivity contribution in [2.24, 2.45) is 22.2 Å². The lowest BCUT2D eigenvalue weighted by molar-refractivity contribution is -0.148. The molecule has 0 aromatic heterocycles. The van der Waals surface area contributed by atoms with Gasteiger partial charge in [-0.2, -0.15) is 0 Å². The summed E-state index contributed by atoms with van der Waals surface area (Å²) in [5, 5.41) is 7.96. The first-order valence-corrected chi connectivity index (χ1v) is 19.7. The van der Waals surface area contributed by atoms with E-state index in [0.29, 0.717) is 25.8 Å². The third kappa shape index (κ3) is 14.4. The van der Waals surface area contributed by atoms with Gasteiger partial charge in [-0.1, -0.05) is 84.7 Å². The Kier molecular flexibility index (Phi) is 16.9. The Morgan fingerprint density at radius 3 is 2.07 bits per heavy atom. The number of hydrogen-bond donors (Lipinski definition) is 3. The second kappa shape index (κ2) is 20.6. The van der Waals surface area contributed by atoms with E-state index in [2.05, 4.69) is 16.0 Å². The predicted octanol–water partition coefficient (Wildman–Crippen LogP) is 4.39. The number of amides is 5. The average molecular weight is 767 g/mol. The third-order valence-electron chi connectivity index (χ3n) is 10.5. The number of carbonyl (C=O) groups is 8. The quantitative estimate of drug-likeness (QED) is 0.0826. The number of hydrogen-bond acceptors (Lipinski definition) is 9. The zero-order chi connectivity index (χ0) is 40.8. The zero-order valence-electron chi connectivity index (χ0n) is 33.7. The van der Waals surface area contributed by atoms with Gasteiger partial charge in [-0.25, -0.2) is 0 Å². The first-order chi connectivity index (χ1) is 25.8.